The molecule has 0 aliphatic heterocycles. The molecule has 18 heavy (non-hydrogen) atoms. The predicted octanol–water partition coefficient (Wildman–Crippen LogP) is 5.51. The van der Waals surface area contributed by atoms with E-state index in [2.05, 4.69) is 6.92 Å². The van der Waals surface area contributed by atoms with Gasteiger partial charge in [-0.3, -0.25) is 4.79 Å². The Bertz CT molecular complexity index is 183. The van der Waals surface area contributed by atoms with Crippen LogP contribution in [0, 0.1) is 0 Å². The maximum absolute atomic E-state index is 10.9. The number of rotatable bonds is 13. The Labute approximate surface area is 117 Å². The molecule has 0 saturated heterocycles. The molecule has 0 aliphatic rings. The highest BCUT2D eigenvalue weighted by Gasteiger charge is 1.98. The van der Waals surface area contributed by atoms with Gasteiger partial charge < -0.3 is 4.18 Å². The zero-order valence-corrected chi connectivity index (χ0v) is 13.0. The van der Waals surface area contributed by atoms with Gasteiger partial charge in [-0.25, -0.2) is 0 Å². The van der Waals surface area contributed by atoms with E-state index in [0.717, 1.165) is 12.2 Å². The Balaban J connectivity index is 2.97. The lowest BCUT2D eigenvalue weighted by molar-refractivity contribution is -0.132. The fraction of sp³-hybridized carbons (Fsp3) is 0.933. The topological polar surface area (TPSA) is 26.3 Å². The van der Waals surface area contributed by atoms with Crippen LogP contribution >= 0.6 is 12.0 Å². The van der Waals surface area contributed by atoms with Gasteiger partial charge in [-0.1, -0.05) is 71.6 Å². The highest BCUT2D eigenvalue weighted by atomic mass is 32.2. The Morgan fingerprint density at radius 3 is 1.83 bits per heavy atom. The summed E-state index contributed by atoms with van der Waals surface area (Å²) in [6, 6.07) is 0. The first-order valence-electron chi connectivity index (χ1n) is 7.63. The van der Waals surface area contributed by atoms with E-state index in [-0.39, 0.29) is 5.97 Å². The standard InChI is InChI=1S/C15H30O2S/c1-3-5-6-7-8-9-10-11-12-13-14-18-17-15(16)4-2/h3-14H2,1-2H3. The van der Waals surface area contributed by atoms with Crippen LogP contribution in [-0.2, 0) is 8.98 Å². The fourth-order valence-corrected chi connectivity index (χ4v) is 2.47. The van der Waals surface area contributed by atoms with Gasteiger partial charge in [-0.05, 0) is 6.42 Å². The van der Waals surface area contributed by atoms with E-state index in [9.17, 15) is 4.79 Å². The molecule has 0 heterocycles. The third-order valence-electron chi connectivity index (χ3n) is 3.02. The molecule has 0 spiro atoms. The Morgan fingerprint density at radius 1 is 0.833 bits per heavy atom. The zero-order valence-electron chi connectivity index (χ0n) is 12.2. The molecular formula is C15H30O2S. The summed E-state index contributed by atoms with van der Waals surface area (Å²) in [7, 11) is 0. The van der Waals surface area contributed by atoms with Gasteiger partial charge >= 0.3 is 5.97 Å². The Kier molecular flexibility index (Phi) is 14.7. The summed E-state index contributed by atoms with van der Waals surface area (Å²) in [5, 5.41) is 0. The van der Waals surface area contributed by atoms with Crippen molar-refractivity contribution in [3.05, 3.63) is 0 Å². The van der Waals surface area contributed by atoms with Crippen LogP contribution in [-0.4, -0.2) is 11.7 Å². The highest BCUT2D eigenvalue weighted by Crippen LogP contribution is 2.13. The van der Waals surface area contributed by atoms with Crippen LogP contribution in [0.25, 0.3) is 0 Å². The summed E-state index contributed by atoms with van der Waals surface area (Å²) >= 11 is 1.31. The largest absolute Gasteiger partial charge is 0.391 e. The molecule has 0 unspecified atom stereocenters. The third kappa shape index (κ3) is 13.9. The van der Waals surface area contributed by atoms with Crippen LogP contribution in [0.5, 0.6) is 0 Å². The van der Waals surface area contributed by atoms with Gasteiger partial charge in [0, 0.05) is 12.2 Å². The maximum Gasteiger partial charge on any atom is 0.317 e. The second kappa shape index (κ2) is 14.9. The van der Waals surface area contributed by atoms with Crippen LogP contribution in [0.2, 0.25) is 0 Å². The highest BCUT2D eigenvalue weighted by molar-refractivity contribution is 7.95. The smallest absolute Gasteiger partial charge is 0.317 e. The summed E-state index contributed by atoms with van der Waals surface area (Å²) in [6.07, 6.45) is 14.0. The summed E-state index contributed by atoms with van der Waals surface area (Å²) in [5.41, 5.74) is 0. The molecule has 0 rings (SSSR count). The first kappa shape index (κ1) is 17.8. The van der Waals surface area contributed by atoms with Gasteiger partial charge in [0.2, 0.25) is 0 Å². The summed E-state index contributed by atoms with van der Waals surface area (Å²) in [6.45, 7) is 4.08. The molecule has 0 saturated carbocycles. The molecule has 2 nitrogen and oxygen atoms in total. The van der Waals surface area contributed by atoms with Gasteiger partial charge in [0.1, 0.15) is 0 Å². The molecule has 0 N–H and O–H groups in total. The number of unbranched alkanes of at least 4 members (excludes halogenated alkanes) is 9. The Morgan fingerprint density at radius 2 is 1.33 bits per heavy atom. The molecule has 3 heteroatoms. The van der Waals surface area contributed by atoms with Crippen LogP contribution < -0.4 is 0 Å². The van der Waals surface area contributed by atoms with Gasteiger partial charge in [0.25, 0.3) is 0 Å². The predicted molar refractivity (Wildman–Crippen MR) is 80.7 cm³/mol. The lowest BCUT2D eigenvalue weighted by Crippen LogP contribution is -1.96. The molecule has 0 fully saturated rings. The van der Waals surface area contributed by atoms with Crippen molar-refractivity contribution in [1.82, 2.24) is 0 Å². The van der Waals surface area contributed by atoms with E-state index in [0.29, 0.717) is 6.42 Å². The minimum atomic E-state index is -0.105. The van der Waals surface area contributed by atoms with Gasteiger partial charge in [0.15, 0.2) is 0 Å². The number of hydrogen-bond acceptors (Lipinski definition) is 3. The lowest BCUT2D eigenvalue weighted by atomic mass is 10.1. The fourth-order valence-electron chi connectivity index (χ4n) is 1.81. The zero-order chi connectivity index (χ0) is 13.5. The lowest BCUT2D eigenvalue weighted by Gasteiger charge is -2.02. The summed E-state index contributed by atoms with van der Waals surface area (Å²) < 4.78 is 4.95. The van der Waals surface area contributed by atoms with Crippen molar-refractivity contribution in [2.24, 2.45) is 0 Å². The van der Waals surface area contributed by atoms with Crippen molar-refractivity contribution in [3.8, 4) is 0 Å². The van der Waals surface area contributed by atoms with Crippen LogP contribution in [0.15, 0.2) is 0 Å². The van der Waals surface area contributed by atoms with E-state index in [1.807, 2.05) is 6.92 Å². The minimum absolute atomic E-state index is 0.105. The SMILES string of the molecule is CCCCCCCCCCCCSOC(=O)CC. The molecule has 0 aromatic carbocycles. The molecule has 0 amide bonds. The molecule has 108 valence electrons. The van der Waals surface area contributed by atoms with Gasteiger partial charge in [0.05, 0.1) is 12.0 Å². The first-order valence-corrected chi connectivity index (χ1v) is 8.54. The molecule has 0 aromatic heterocycles. The molecule has 0 aromatic rings. The Hall–Kier alpha value is -0.180. The minimum Gasteiger partial charge on any atom is -0.391 e. The van der Waals surface area contributed by atoms with E-state index < -0.39 is 0 Å². The van der Waals surface area contributed by atoms with Crippen molar-refractivity contribution < 1.29 is 8.98 Å². The second-order valence-electron chi connectivity index (χ2n) is 4.81. The van der Waals surface area contributed by atoms with Crippen molar-refractivity contribution in [2.45, 2.75) is 84.5 Å². The molecule has 0 aliphatic carbocycles. The number of carbonyl (C=O) groups is 1. The summed E-state index contributed by atoms with van der Waals surface area (Å²) in [5.74, 6) is 0.842. The average Bonchev–Trinajstić information content (AvgIpc) is 2.39. The summed E-state index contributed by atoms with van der Waals surface area (Å²) in [4.78, 5) is 10.9. The third-order valence-corrected chi connectivity index (χ3v) is 3.78. The van der Waals surface area contributed by atoms with E-state index in [1.54, 1.807) is 0 Å². The van der Waals surface area contributed by atoms with Crippen LogP contribution in [0.4, 0.5) is 0 Å². The van der Waals surface area contributed by atoms with Crippen LogP contribution in [0.3, 0.4) is 0 Å². The average molecular weight is 274 g/mol. The van der Waals surface area contributed by atoms with E-state index in [1.165, 1.54) is 69.8 Å². The van der Waals surface area contributed by atoms with E-state index in [4.69, 9.17) is 4.18 Å². The van der Waals surface area contributed by atoms with Crippen molar-refractivity contribution >= 4 is 18.0 Å². The van der Waals surface area contributed by atoms with Crippen molar-refractivity contribution in [3.63, 3.8) is 0 Å². The normalized spacial score (nSPS) is 10.6. The van der Waals surface area contributed by atoms with Gasteiger partial charge in [-0.2, -0.15) is 0 Å². The molecule has 0 bridgehead atoms. The monoisotopic (exact) mass is 274 g/mol. The quantitative estimate of drug-likeness (QED) is 0.327. The number of carbonyl (C=O) groups excluding carboxylic acids is 1. The second-order valence-corrected chi connectivity index (χ2v) is 5.62. The van der Waals surface area contributed by atoms with Gasteiger partial charge in [-0.15, -0.1) is 0 Å². The van der Waals surface area contributed by atoms with Crippen molar-refractivity contribution in [2.75, 3.05) is 5.75 Å². The van der Waals surface area contributed by atoms with Crippen LogP contribution in [0.1, 0.15) is 84.5 Å². The maximum atomic E-state index is 10.9. The van der Waals surface area contributed by atoms with Crippen molar-refractivity contribution in [1.29, 1.82) is 0 Å². The molecule has 0 atom stereocenters. The molecular weight excluding hydrogens is 244 g/mol. The number of hydrogen-bond donors (Lipinski definition) is 0. The van der Waals surface area contributed by atoms with E-state index >= 15 is 0 Å². The first-order chi connectivity index (χ1) is 8.81. The molecule has 0 radical (unpaired) electrons.